The van der Waals surface area contributed by atoms with E-state index in [4.69, 9.17) is 0 Å². The van der Waals surface area contributed by atoms with E-state index in [0.717, 1.165) is 30.0 Å². The Balaban J connectivity index is 1.52. The van der Waals surface area contributed by atoms with E-state index >= 15 is 0 Å². The number of carbonyl (C=O) groups is 1. The van der Waals surface area contributed by atoms with Gasteiger partial charge in [-0.25, -0.2) is 17.6 Å². The maximum absolute atomic E-state index is 14.3. The van der Waals surface area contributed by atoms with E-state index in [1.165, 1.54) is 12.1 Å². The van der Waals surface area contributed by atoms with Crippen molar-refractivity contribution in [2.24, 2.45) is 0 Å². The molecular formula is C25H25F4N3O. The second-order valence-corrected chi connectivity index (χ2v) is 8.60. The van der Waals surface area contributed by atoms with Gasteiger partial charge < -0.3 is 15.1 Å². The lowest BCUT2D eigenvalue weighted by Crippen LogP contribution is -2.41. The molecule has 4 nitrogen and oxygen atoms in total. The molecular weight excluding hydrogens is 434 g/mol. The van der Waals surface area contributed by atoms with Gasteiger partial charge in [0.1, 0.15) is 11.6 Å². The predicted octanol–water partition coefficient (Wildman–Crippen LogP) is 5.16. The maximum Gasteiger partial charge on any atom is 0.257 e. The number of halogens is 4. The second kappa shape index (κ2) is 9.29. The molecule has 0 spiro atoms. The van der Waals surface area contributed by atoms with Crippen molar-refractivity contribution in [3.63, 3.8) is 0 Å². The number of anilines is 1. The van der Waals surface area contributed by atoms with E-state index in [-0.39, 0.29) is 23.3 Å². The quantitative estimate of drug-likeness (QED) is 0.507. The van der Waals surface area contributed by atoms with Gasteiger partial charge in [0.2, 0.25) is 0 Å². The van der Waals surface area contributed by atoms with Gasteiger partial charge in [0.15, 0.2) is 11.6 Å². The van der Waals surface area contributed by atoms with Crippen LogP contribution in [-0.4, -0.2) is 42.4 Å². The van der Waals surface area contributed by atoms with Crippen molar-refractivity contribution in [1.29, 1.82) is 0 Å². The molecule has 0 aromatic heterocycles. The van der Waals surface area contributed by atoms with Crippen molar-refractivity contribution >= 4 is 11.6 Å². The number of hydrogen-bond donors (Lipinski definition) is 1. The third-order valence-electron chi connectivity index (χ3n) is 6.16. The summed E-state index contributed by atoms with van der Waals surface area (Å²) in [7, 11) is 1.83. The molecule has 0 unspecified atom stereocenters. The van der Waals surface area contributed by atoms with Crippen molar-refractivity contribution in [1.82, 2.24) is 9.80 Å². The van der Waals surface area contributed by atoms with Gasteiger partial charge in [-0.1, -0.05) is 12.1 Å². The van der Waals surface area contributed by atoms with Gasteiger partial charge in [0.25, 0.3) is 5.91 Å². The van der Waals surface area contributed by atoms with Crippen molar-refractivity contribution in [2.75, 3.05) is 32.0 Å². The van der Waals surface area contributed by atoms with Gasteiger partial charge in [-0.2, -0.15) is 0 Å². The Morgan fingerprint density at radius 2 is 1.61 bits per heavy atom. The molecule has 2 aromatic carbocycles. The topological polar surface area (TPSA) is 35.6 Å². The molecule has 1 saturated heterocycles. The Bertz CT molecular complexity index is 1120. The summed E-state index contributed by atoms with van der Waals surface area (Å²) in [5.41, 5.74) is 2.32. The highest BCUT2D eigenvalue weighted by atomic mass is 19.2. The smallest absolute Gasteiger partial charge is 0.257 e. The molecule has 1 amide bonds. The van der Waals surface area contributed by atoms with E-state index < -0.39 is 17.5 Å². The van der Waals surface area contributed by atoms with Crippen LogP contribution in [0.25, 0.3) is 0 Å². The SMILES string of the molecule is CC1=C(Nc2cc(F)c(F)cc2F)C(C(=O)N2CCC(c3ccc(F)cc3)CC2)=CN(C)C1. The number of amides is 1. The Morgan fingerprint density at radius 1 is 0.970 bits per heavy atom. The fraction of sp³-hybridized carbons (Fsp3) is 0.320. The van der Waals surface area contributed by atoms with Crippen LogP contribution in [-0.2, 0) is 4.79 Å². The minimum atomic E-state index is -1.28. The number of likely N-dealkylation sites (tertiary alicyclic amines) is 1. The minimum Gasteiger partial charge on any atom is -0.376 e. The molecule has 8 heteroatoms. The first-order chi connectivity index (χ1) is 15.7. The first-order valence-electron chi connectivity index (χ1n) is 10.8. The molecule has 0 saturated carbocycles. The van der Waals surface area contributed by atoms with Gasteiger partial charge in [-0.15, -0.1) is 0 Å². The van der Waals surface area contributed by atoms with Crippen molar-refractivity contribution < 1.29 is 22.4 Å². The third kappa shape index (κ3) is 4.89. The summed E-state index contributed by atoms with van der Waals surface area (Å²) in [4.78, 5) is 17.0. The van der Waals surface area contributed by atoms with Crippen LogP contribution in [0.5, 0.6) is 0 Å². The van der Waals surface area contributed by atoms with Crippen LogP contribution in [0.2, 0.25) is 0 Å². The molecule has 2 heterocycles. The molecule has 2 aliphatic heterocycles. The van der Waals surface area contributed by atoms with Crippen molar-refractivity contribution in [2.45, 2.75) is 25.7 Å². The number of carbonyl (C=O) groups excluding carboxylic acids is 1. The number of rotatable bonds is 4. The standard InChI is InChI=1S/C25H25F4N3O/c1-15-13-31(2)14-19(24(15)30-23-12-21(28)20(27)11-22(23)29)25(33)32-9-7-17(8-10-32)16-3-5-18(26)6-4-16/h3-6,11-12,14,17,30H,7-10,13H2,1-2H3. The lowest BCUT2D eigenvalue weighted by Gasteiger charge is -2.35. The Morgan fingerprint density at radius 3 is 2.27 bits per heavy atom. The molecule has 1 fully saturated rings. The first-order valence-corrected chi connectivity index (χ1v) is 10.8. The Kier molecular flexibility index (Phi) is 6.44. The van der Waals surface area contributed by atoms with Crippen molar-refractivity contribution in [3.8, 4) is 0 Å². The normalized spacial score (nSPS) is 17.3. The molecule has 0 aliphatic carbocycles. The monoisotopic (exact) mass is 459 g/mol. The molecule has 2 aromatic rings. The van der Waals surface area contributed by atoms with Gasteiger partial charge >= 0.3 is 0 Å². The van der Waals surface area contributed by atoms with E-state index in [1.54, 1.807) is 30.2 Å². The highest BCUT2D eigenvalue weighted by molar-refractivity contribution is 5.99. The van der Waals surface area contributed by atoms with Crippen LogP contribution in [0, 0.1) is 23.3 Å². The molecule has 174 valence electrons. The summed E-state index contributed by atoms with van der Waals surface area (Å²) in [5, 5.41) is 2.82. The number of likely N-dealkylation sites (N-methyl/N-ethyl adjacent to an activating group) is 1. The van der Waals surface area contributed by atoms with Gasteiger partial charge in [-0.3, -0.25) is 4.79 Å². The maximum atomic E-state index is 14.3. The second-order valence-electron chi connectivity index (χ2n) is 8.60. The van der Waals surface area contributed by atoms with Crippen LogP contribution >= 0.6 is 0 Å². The van der Waals surface area contributed by atoms with Crippen LogP contribution in [0.3, 0.4) is 0 Å². The lowest BCUT2D eigenvalue weighted by atomic mass is 9.89. The van der Waals surface area contributed by atoms with E-state index in [1.807, 2.05) is 11.9 Å². The summed E-state index contributed by atoms with van der Waals surface area (Å²) < 4.78 is 54.5. The largest absolute Gasteiger partial charge is 0.376 e. The minimum absolute atomic E-state index is 0.219. The van der Waals surface area contributed by atoms with Gasteiger partial charge in [-0.05, 0) is 49.0 Å². The summed E-state index contributed by atoms with van der Waals surface area (Å²) in [5.74, 6) is -3.65. The molecule has 1 N–H and O–H groups in total. The number of piperidine rings is 1. The summed E-state index contributed by atoms with van der Waals surface area (Å²) in [6.07, 6.45) is 3.16. The fourth-order valence-corrected chi connectivity index (χ4v) is 4.42. The molecule has 2 aliphatic rings. The molecule has 33 heavy (non-hydrogen) atoms. The average Bonchev–Trinajstić information content (AvgIpc) is 2.79. The van der Waals surface area contributed by atoms with E-state index in [2.05, 4.69) is 5.32 Å². The number of hydrogen-bond acceptors (Lipinski definition) is 3. The summed E-state index contributed by atoms with van der Waals surface area (Å²) >= 11 is 0. The Labute approximate surface area is 190 Å². The first kappa shape index (κ1) is 22.9. The highest BCUT2D eigenvalue weighted by Gasteiger charge is 2.30. The number of nitrogens with one attached hydrogen (secondary N) is 1. The summed E-state index contributed by atoms with van der Waals surface area (Å²) in [6.45, 7) is 3.34. The van der Waals surface area contributed by atoms with E-state index in [0.29, 0.717) is 37.0 Å². The average molecular weight is 459 g/mol. The van der Waals surface area contributed by atoms with Gasteiger partial charge in [0.05, 0.1) is 17.0 Å². The van der Waals surface area contributed by atoms with Crippen LogP contribution in [0.15, 0.2) is 59.4 Å². The lowest BCUT2D eigenvalue weighted by molar-refractivity contribution is -0.128. The highest BCUT2D eigenvalue weighted by Crippen LogP contribution is 2.32. The van der Waals surface area contributed by atoms with E-state index in [9.17, 15) is 22.4 Å². The molecule has 0 radical (unpaired) electrons. The molecule has 0 atom stereocenters. The van der Waals surface area contributed by atoms with Crippen LogP contribution in [0.1, 0.15) is 31.2 Å². The zero-order valence-electron chi connectivity index (χ0n) is 18.5. The predicted molar refractivity (Wildman–Crippen MR) is 118 cm³/mol. The van der Waals surface area contributed by atoms with Gasteiger partial charge in [0, 0.05) is 45.0 Å². The Hall–Kier alpha value is -3.29. The number of benzene rings is 2. The fourth-order valence-electron chi connectivity index (χ4n) is 4.42. The van der Waals surface area contributed by atoms with Crippen molar-refractivity contribution in [3.05, 3.63) is 88.3 Å². The third-order valence-corrected chi connectivity index (χ3v) is 6.16. The molecule has 4 rings (SSSR count). The molecule has 0 bridgehead atoms. The zero-order valence-corrected chi connectivity index (χ0v) is 18.5. The zero-order chi connectivity index (χ0) is 23.7. The number of nitrogens with zero attached hydrogens (tertiary/aromatic N) is 2. The van der Waals surface area contributed by atoms with Crippen LogP contribution in [0.4, 0.5) is 23.2 Å². The summed E-state index contributed by atoms with van der Waals surface area (Å²) in [6, 6.07) is 7.67. The van der Waals surface area contributed by atoms with Crippen LogP contribution < -0.4 is 5.32 Å².